The maximum atomic E-state index is 12.8. The molecule has 1 aromatic rings. The van der Waals surface area contributed by atoms with Gasteiger partial charge in [-0.15, -0.1) is 10.2 Å². The fourth-order valence-electron chi connectivity index (χ4n) is 5.19. The van der Waals surface area contributed by atoms with Gasteiger partial charge in [0.2, 0.25) is 5.91 Å². The lowest BCUT2D eigenvalue weighted by Gasteiger charge is -2.33. The molecule has 26 heavy (non-hydrogen) atoms. The van der Waals surface area contributed by atoms with E-state index in [9.17, 15) is 4.79 Å². The van der Waals surface area contributed by atoms with Crippen molar-refractivity contribution in [3.63, 3.8) is 0 Å². The van der Waals surface area contributed by atoms with Crippen LogP contribution in [0.1, 0.15) is 94.6 Å². The Labute approximate surface area is 157 Å². The average molecular weight is 359 g/mol. The second kappa shape index (κ2) is 8.53. The number of piperidine rings is 1. The molecule has 0 spiro atoms. The fourth-order valence-corrected chi connectivity index (χ4v) is 5.19. The third-order valence-corrected chi connectivity index (χ3v) is 6.77. The van der Waals surface area contributed by atoms with Crippen LogP contribution in [0.15, 0.2) is 0 Å². The van der Waals surface area contributed by atoms with Gasteiger partial charge in [0.1, 0.15) is 11.6 Å². The summed E-state index contributed by atoms with van der Waals surface area (Å²) in [7, 11) is 0. The number of rotatable bonds is 4. The average Bonchev–Trinajstić information content (AvgIpc) is 2.95. The summed E-state index contributed by atoms with van der Waals surface area (Å²) in [4.78, 5) is 14.9. The highest BCUT2D eigenvalue weighted by atomic mass is 16.2. The van der Waals surface area contributed by atoms with Crippen molar-refractivity contribution in [1.82, 2.24) is 19.7 Å². The largest absolute Gasteiger partial charge is 0.342 e. The minimum atomic E-state index is 0.371. The van der Waals surface area contributed by atoms with Gasteiger partial charge in [-0.25, -0.2) is 0 Å². The second-order valence-electron chi connectivity index (χ2n) is 8.66. The SMILES string of the molecule is O=C(CCC1CCCCC1)N1CCCC(c2nnc3n2CCCCC3)C1. The van der Waals surface area contributed by atoms with E-state index in [4.69, 9.17) is 0 Å². The van der Waals surface area contributed by atoms with Crippen LogP contribution in [0.25, 0.3) is 0 Å². The Morgan fingerprint density at radius 1 is 0.923 bits per heavy atom. The third-order valence-electron chi connectivity index (χ3n) is 6.77. The van der Waals surface area contributed by atoms with Crippen LogP contribution in [-0.2, 0) is 17.8 Å². The first kappa shape index (κ1) is 18.0. The zero-order valence-corrected chi connectivity index (χ0v) is 16.2. The van der Waals surface area contributed by atoms with Crippen LogP contribution in [0, 0.1) is 5.92 Å². The second-order valence-corrected chi connectivity index (χ2v) is 8.66. The van der Waals surface area contributed by atoms with E-state index in [2.05, 4.69) is 19.7 Å². The fraction of sp³-hybridized carbons (Fsp3) is 0.857. The number of aryl methyl sites for hydroxylation is 1. The van der Waals surface area contributed by atoms with Crippen LogP contribution in [0.2, 0.25) is 0 Å². The molecule has 2 fully saturated rings. The topological polar surface area (TPSA) is 51.0 Å². The number of nitrogens with zero attached hydrogens (tertiary/aromatic N) is 4. The normalized spacial score (nSPS) is 24.9. The van der Waals surface area contributed by atoms with E-state index in [0.717, 1.165) is 63.5 Å². The summed E-state index contributed by atoms with van der Waals surface area (Å²) in [5.74, 6) is 3.85. The summed E-state index contributed by atoms with van der Waals surface area (Å²) in [6, 6.07) is 0. The first-order chi connectivity index (χ1) is 12.8. The van der Waals surface area contributed by atoms with E-state index in [1.54, 1.807) is 0 Å². The number of hydrogen-bond donors (Lipinski definition) is 0. The van der Waals surface area contributed by atoms with Crippen molar-refractivity contribution in [2.24, 2.45) is 5.92 Å². The highest BCUT2D eigenvalue weighted by Gasteiger charge is 2.29. The Morgan fingerprint density at radius 2 is 1.77 bits per heavy atom. The molecule has 0 aromatic carbocycles. The van der Waals surface area contributed by atoms with Crippen LogP contribution >= 0.6 is 0 Å². The van der Waals surface area contributed by atoms with Crippen LogP contribution in [-0.4, -0.2) is 38.7 Å². The van der Waals surface area contributed by atoms with E-state index in [1.807, 2.05) is 0 Å². The number of likely N-dealkylation sites (tertiary alicyclic amines) is 1. The van der Waals surface area contributed by atoms with Crippen LogP contribution in [0.3, 0.4) is 0 Å². The third kappa shape index (κ3) is 4.12. The van der Waals surface area contributed by atoms with Crippen molar-refractivity contribution in [1.29, 1.82) is 0 Å². The smallest absolute Gasteiger partial charge is 0.222 e. The van der Waals surface area contributed by atoms with Crippen molar-refractivity contribution in [2.75, 3.05) is 13.1 Å². The number of fused-ring (bicyclic) bond motifs is 1. The molecule has 2 aliphatic heterocycles. The Bertz CT molecular complexity index is 605. The lowest BCUT2D eigenvalue weighted by atomic mass is 9.86. The number of hydrogen-bond acceptors (Lipinski definition) is 3. The van der Waals surface area contributed by atoms with Gasteiger partial charge in [0.15, 0.2) is 0 Å². The highest BCUT2D eigenvalue weighted by Crippen LogP contribution is 2.30. The molecule has 1 saturated carbocycles. The van der Waals surface area contributed by atoms with E-state index in [1.165, 1.54) is 57.2 Å². The molecule has 1 unspecified atom stereocenters. The van der Waals surface area contributed by atoms with E-state index < -0.39 is 0 Å². The van der Waals surface area contributed by atoms with Crippen LogP contribution in [0.5, 0.6) is 0 Å². The predicted octanol–water partition coefficient (Wildman–Crippen LogP) is 4.07. The highest BCUT2D eigenvalue weighted by molar-refractivity contribution is 5.76. The molecule has 3 heterocycles. The summed E-state index contributed by atoms with van der Waals surface area (Å²) in [6.45, 7) is 2.84. The minimum absolute atomic E-state index is 0.371. The Hall–Kier alpha value is -1.39. The van der Waals surface area contributed by atoms with Crippen molar-refractivity contribution in [2.45, 2.75) is 95.9 Å². The molecule has 4 rings (SSSR count). The van der Waals surface area contributed by atoms with Crippen LogP contribution < -0.4 is 0 Å². The van der Waals surface area contributed by atoms with Gasteiger partial charge in [0.25, 0.3) is 0 Å². The number of aromatic nitrogens is 3. The number of carbonyl (C=O) groups is 1. The molecule has 1 atom stereocenters. The van der Waals surface area contributed by atoms with Crippen molar-refractivity contribution in [3.05, 3.63) is 11.6 Å². The maximum Gasteiger partial charge on any atom is 0.222 e. The standard InChI is InChI=1S/C21H34N4O/c26-20(13-12-17-8-3-1-4-9-17)24-14-7-10-18(16-24)21-23-22-19-11-5-2-6-15-25(19)21/h17-18H,1-16H2. The van der Waals surface area contributed by atoms with Gasteiger partial charge in [-0.3, -0.25) is 4.79 Å². The summed E-state index contributed by atoms with van der Waals surface area (Å²) < 4.78 is 2.37. The molecule has 3 aliphatic rings. The van der Waals surface area contributed by atoms with Crippen molar-refractivity contribution < 1.29 is 4.79 Å². The van der Waals surface area contributed by atoms with E-state index >= 15 is 0 Å². The molecule has 1 aliphatic carbocycles. The van der Waals surface area contributed by atoms with Crippen LogP contribution in [0.4, 0.5) is 0 Å². The molecule has 5 heteroatoms. The molecule has 144 valence electrons. The van der Waals surface area contributed by atoms with E-state index in [-0.39, 0.29) is 0 Å². The molecule has 0 bridgehead atoms. The molecule has 5 nitrogen and oxygen atoms in total. The molecular weight excluding hydrogens is 324 g/mol. The van der Waals surface area contributed by atoms with Crippen molar-refractivity contribution >= 4 is 5.91 Å². The molecule has 1 amide bonds. The lowest BCUT2D eigenvalue weighted by Crippen LogP contribution is -2.40. The van der Waals surface area contributed by atoms with Gasteiger partial charge in [-0.1, -0.05) is 38.5 Å². The Kier molecular flexibility index (Phi) is 5.91. The first-order valence-corrected chi connectivity index (χ1v) is 11.0. The monoisotopic (exact) mass is 358 g/mol. The number of carbonyl (C=O) groups excluding carboxylic acids is 1. The molecule has 1 aromatic heterocycles. The zero-order chi connectivity index (χ0) is 17.8. The quantitative estimate of drug-likeness (QED) is 0.815. The van der Waals surface area contributed by atoms with E-state index in [0.29, 0.717) is 11.8 Å². The van der Waals surface area contributed by atoms with Gasteiger partial charge in [0, 0.05) is 38.4 Å². The molecule has 1 saturated heterocycles. The van der Waals surface area contributed by atoms with Gasteiger partial charge in [-0.05, 0) is 38.0 Å². The maximum absolute atomic E-state index is 12.8. The predicted molar refractivity (Wildman–Crippen MR) is 102 cm³/mol. The first-order valence-electron chi connectivity index (χ1n) is 11.0. The summed E-state index contributed by atoms with van der Waals surface area (Å²) in [5, 5.41) is 9.02. The molecule has 0 N–H and O–H groups in total. The van der Waals surface area contributed by atoms with Crippen molar-refractivity contribution in [3.8, 4) is 0 Å². The number of amides is 1. The van der Waals surface area contributed by atoms with Gasteiger partial charge >= 0.3 is 0 Å². The van der Waals surface area contributed by atoms with Gasteiger partial charge in [-0.2, -0.15) is 0 Å². The lowest BCUT2D eigenvalue weighted by molar-refractivity contribution is -0.132. The molecule has 0 radical (unpaired) electrons. The Balaban J connectivity index is 1.35. The summed E-state index contributed by atoms with van der Waals surface area (Å²) in [6.07, 6.45) is 15.7. The zero-order valence-electron chi connectivity index (χ0n) is 16.2. The van der Waals surface area contributed by atoms with Gasteiger partial charge in [0.05, 0.1) is 0 Å². The molecular formula is C21H34N4O. The minimum Gasteiger partial charge on any atom is -0.342 e. The van der Waals surface area contributed by atoms with Gasteiger partial charge < -0.3 is 9.47 Å². The Morgan fingerprint density at radius 3 is 2.65 bits per heavy atom. The summed E-state index contributed by atoms with van der Waals surface area (Å²) >= 11 is 0. The summed E-state index contributed by atoms with van der Waals surface area (Å²) in [5.41, 5.74) is 0.